The Morgan fingerprint density at radius 3 is 2.95 bits per heavy atom. The number of thioether (sulfide) groups is 1. The third-order valence-electron chi connectivity index (χ3n) is 3.84. The van der Waals surface area contributed by atoms with E-state index in [9.17, 15) is 9.59 Å². The van der Waals surface area contributed by atoms with Gasteiger partial charge in [0.25, 0.3) is 5.91 Å². The minimum Gasteiger partial charge on any atom is -0.496 e. The fourth-order valence-electron chi connectivity index (χ4n) is 2.69. The number of amides is 3. The second-order valence-corrected chi connectivity index (χ2v) is 7.18. The zero-order valence-electron chi connectivity index (χ0n) is 11.5. The molecule has 0 aromatic heterocycles. The predicted molar refractivity (Wildman–Crippen MR) is 84.4 cm³/mol. The second-order valence-electron chi connectivity index (χ2n) is 5.16. The summed E-state index contributed by atoms with van der Waals surface area (Å²) in [5.41, 5.74) is 0.110. The van der Waals surface area contributed by atoms with Crippen LogP contribution in [0.3, 0.4) is 0 Å². The maximum atomic E-state index is 12.6. The predicted octanol–water partition coefficient (Wildman–Crippen LogP) is 2.39. The number of methoxy groups -OCH3 is 1. The largest absolute Gasteiger partial charge is 0.496 e. The first kappa shape index (κ1) is 14.7. The van der Waals surface area contributed by atoms with Crippen molar-refractivity contribution in [3.8, 4) is 5.75 Å². The van der Waals surface area contributed by atoms with E-state index in [-0.39, 0.29) is 18.5 Å². The van der Waals surface area contributed by atoms with Gasteiger partial charge in [-0.2, -0.15) is 11.8 Å². The molecule has 5 nitrogen and oxygen atoms in total. The van der Waals surface area contributed by atoms with Crippen LogP contribution in [-0.4, -0.2) is 41.0 Å². The average Bonchev–Trinajstić information content (AvgIpc) is 3.01. The highest BCUT2D eigenvalue weighted by molar-refractivity contribution is 9.10. The minimum atomic E-state index is -0.693. The van der Waals surface area contributed by atoms with Crippen molar-refractivity contribution in [1.82, 2.24) is 10.2 Å². The zero-order valence-corrected chi connectivity index (χ0v) is 13.9. The topological polar surface area (TPSA) is 58.6 Å². The highest BCUT2D eigenvalue weighted by Gasteiger charge is 2.52. The van der Waals surface area contributed by atoms with Crippen molar-refractivity contribution in [3.63, 3.8) is 0 Å². The van der Waals surface area contributed by atoms with Gasteiger partial charge in [0.1, 0.15) is 11.3 Å². The van der Waals surface area contributed by atoms with Crippen LogP contribution in [0.15, 0.2) is 22.7 Å². The normalized spacial score (nSPS) is 24.8. The molecule has 2 aliphatic heterocycles. The van der Waals surface area contributed by atoms with E-state index in [2.05, 4.69) is 21.2 Å². The van der Waals surface area contributed by atoms with Gasteiger partial charge in [-0.15, -0.1) is 0 Å². The molecule has 1 N–H and O–H groups in total. The lowest BCUT2D eigenvalue weighted by atomic mass is 9.99. The lowest BCUT2D eigenvalue weighted by molar-refractivity contribution is -0.130. The van der Waals surface area contributed by atoms with Crippen LogP contribution in [0.25, 0.3) is 0 Å². The monoisotopic (exact) mass is 370 g/mol. The smallest absolute Gasteiger partial charge is 0.325 e. The molecule has 0 radical (unpaired) electrons. The minimum absolute atomic E-state index is 0.125. The fraction of sp³-hybridized carbons (Fsp3) is 0.429. The molecule has 0 aliphatic carbocycles. The molecule has 2 fully saturated rings. The van der Waals surface area contributed by atoms with Crippen LogP contribution >= 0.6 is 27.7 Å². The molecule has 7 heteroatoms. The molecule has 0 saturated carbocycles. The van der Waals surface area contributed by atoms with Crippen LogP contribution in [0.5, 0.6) is 5.75 Å². The second kappa shape index (κ2) is 5.53. The molecule has 1 spiro atoms. The molecule has 3 rings (SSSR count). The number of hydrogen-bond acceptors (Lipinski definition) is 4. The molecule has 21 heavy (non-hydrogen) atoms. The van der Waals surface area contributed by atoms with Gasteiger partial charge in [-0.25, -0.2) is 4.79 Å². The number of nitrogens with one attached hydrogen (secondary N) is 1. The van der Waals surface area contributed by atoms with Crippen molar-refractivity contribution in [1.29, 1.82) is 0 Å². The molecule has 3 amide bonds. The maximum Gasteiger partial charge on any atom is 0.325 e. The Morgan fingerprint density at radius 1 is 1.48 bits per heavy atom. The Balaban J connectivity index is 1.86. The van der Waals surface area contributed by atoms with E-state index in [1.807, 2.05) is 18.2 Å². The molecule has 2 saturated heterocycles. The summed E-state index contributed by atoms with van der Waals surface area (Å²) >= 11 is 5.10. The van der Waals surface area contributed by atoms with E-state index in [0.29, 0.717) is 17.9 Å². The van der Waals surface area contributed by atoms with E-state index in [1.165, 1.54) is 4.90 Å². The number of rotatable bonds is 3. The van der Waals surface area contributed by atoms with Gasteiger partial charge in [-0.3, -0.25) is 9.69 Å². The van der Waals surface area contributed by atoms with E-state index in [0.717, 1.165) is 15.8 Å². The summed E-state index contributed by atoms with van der Waals surface area (Å²) in [5, 5.41) is 2.87. The molecule has 112 valence electrons. The van der Waals surface area contributed by atoms with Crippen LogP contribution in [0.2, 0.25) is 0 Å². The van der Waals surface area contributed by atoms with E-state index in [1.54, 1.807) is 18.9 Å². The highest BCUT2D eigenvalue weighted by Crippen LogP contribution is 2.35. The van der Waals surface area contributed by atoms with E-state index in [4.69, 9.17) is 4.74 Å². The zero-order chi connectivity index (χ0) is 15.0. The standard InChI is InChI=1S/C14H15BrN2O3S/c1-20-11-3-2-10(15)6-9(11)7-17-12(18)14(16-13(17)19)4-5-21-8-14/h2-3,6H,4-5,7-8H2,1H3,(H,16,19). The highest BCUT2D eigenvalue weighted by atomic mass is 79.9. The van der Waals surface area contributed by atoms with Crippen LogP contribution in [0.4, 0.5) is 4.79 Å². The summed E-state index contributed by atoms with van der Waals surface area (Å²) in [6.07, 6.45) is 0.703. The van der Waals surface area contributed by atoms with Crippen molar-refractivity contribution in [2.45, 2.75) is 18.5 Å². The quantitative estimate of drug-likeness (QED) is 0.829. The van der Waals surface area contributed by atoms with Gasteiger partial charge in [0.05, 0.1) is 13.7 Å². The lowest BCUT2D eigenvalue weighted by Crippen LogP contribution is -2.46. The van der Waals surface area contributed by atoms with Gasteiger partial charge in [0.15, 0.2) is 0 Å². The Morgan fingerprint density at radius 2 is 2.29 bits per heavy atom. The van der Waals surface area contributed by atoms with Crippen molar-refractivity contribution in [2.75, 3.05) is 18.6 Å². The Kier molecular flexibility index (Phi) is 3.88. The number of imide groups is 1. The summed E-state index contributed by atoms with van der Waals surface area (Å²) in [4.78, 5) is 26.1. The number of ether oxygens (including phenoxy) is 1. The maximum absolute atomic E-state index is 12.6. The Hall–Kier alpha value is -1.21. The van der Waals surface area contributed by atoms with Gasteiger partial charge in [-0.1, -0.05) is 15.9 Å². The Bertz CT molecular complexity index is 602. The number of urea groups is 1. The van der Waals surface area contributed by atoms with E-state index >= 15 is 0 Å². The first-order valence-corrected chi connectivity index (χ1v) is 8.55. The third kappa shape index (κ3) is 2.53. The first-order valence-electron chi connectivity index (χ1n) is 6.60. The molecule has 0 bridgehead atoms. The van der Waals surface area contributed by atoms with Gasteiger partial charge in [-0.05, 0) is 30.4 Å². The number of carbonyl (C=O) groups excluding carboxylic acids is 2. The van der Waals surface area contributed by atoms with Crippen molar-refractivity contribution >= 4 is 39.6 Å². The van der Waals surface area contributed by atoms with Gasteiger partial charge < -0.3 is 10.1 Å². The number of hydrogen-bond donors (Lipinski definition) is 1. The number of nitrogens with zero attached hydrogens (tertiary/aromatic N) is 1. The number of halogens is 1. The summed E-state index contributed by atoms with van der Waals surface area (Å²) < 4.78 is 6.19. The van der Waals surface area contributed by atoms with E-state index < -0.39 is 5.54 Å². The summed E-state index contributed by atoms with van der Waals surface area (Å²) in [6, 6.07) is 5.24. The third-order valence-corrected chi connectivity index (χ3v) is 5.52. The van der Waals surface area contributed by atoms with Crippen LogP contribution in [0, 0.1) is 0 Å². The number of carbonyl (C=O) groups is 2. The molecule has 1 aromatic carbocycles. The molecule has 2 aliphatic rings. The molecular weight excluding hydrogens is 356 g/mol. The summed E-state index contributed by atoms with van der Waals surface area (Å²) in [5.74, 6) is 2.10. The lowest BCUT2D eigenvalue weighted by Gasteiger charge is -2.20. The van der Waals surface area contributed by atoms with Crippen LogP contribution in [0.1, 0.15) is 12.0 Å². The van der Waals surface area contributed by atoms with Crippen molar-refractivity contribution in [3.05, 3.63) is 28.2 Å². The first-order chi connectivity index (χ1) is 10.1. The summed E-state index contributed by atoms with van der Waals surface area (Å²) in [6.45, 7) is 0.222. The number of benzene rings is 1. The van der Waals surface area contributed by atoms with Crippen molar-refractivity contribution < 1.29 is 14.3 Å². The summed E-state index contributed by atoms with van der Waals surface area (Å²) in [7, 11) is 1.58. The molecule has 1 aromatic rings. The molecule has 1 atom stereocenters. The van der Waals surface area contributed by atoms with Crippen molar-refractivity contribution in [2.24, 2.45) is 0 Å². The average molecular weight is 371 g/mol. The van der Waals surface area contributed by atoms with Gasteiger partial charge >= 0.3 is 6.03 Å². The molecular formula is C14H15BrN2O3S. The Labute approximate surface area is 135 Å². The molecule has 1 unspecified atom stereocenters. The van der Waals surface area contributed by atoms with Gasteiger partial charge in [0, 0.05) is 15.8 Å². The van der Waals surface area contributed by atoms with Crippen LogP contribution < -0.4 is 10.1 Å². The van der Waals surface area contributed by atoms with Crippen LogP contribution in [-0.2, 0) is 11.3 Å². The SMILES string of the molecule is COc1ccc(Br)cc1CN1C(=O)NC2(CCSC2)C1=O. The molecule has 2 heterocycles. The fourth-order valence-corrected chi connectivity index (χ4v) is 4.43. The van der Waals surface area contributed by atoms with Gasteiger partial charge in [0.2, 0.25) is 0 Å².